The van der Waals surface area contributed by atoms with Gasteiger partial charge >= 0.3 is 0 Å². The lowest BCUT2D eigenvalue weighted by Gasteiger charge is -2.09. The summed E-state index contributed by atoms with van der Waals surface area (Å²) in [5.74, 6) is -0.674. The molecule has 0 fully saturated rings. The second-order valence-electron chi connectivity index (χ2n) is 6.35. The maximum atomic E-state index is 13.3. The molecule has 0 aliphatic carbocycles. The molecule has 2 heterocycles. The number of rotatable bonds is 4. The molecule has 0 radical (unpaired) electrons. The number of nitrogens with one attached hydrogen (secondary N) is 1. The summed E-state index contributed by atoms with van der Waals surface area (Å²) in [4.78, 5) is 4.48. The highest BCUT2D eigenvalue weighted by molar-refractivity contribution is 7.92. The first-order valence-corrected chi connectivity index (χ1v) is 10.2. The van der Waals surface area contributed by atoms with E-state index in [0.717, 1.165) is 40.7 Å². The molecule has 28 heavy (non-hydrogen) atoms. The molecular formula is C20H15ClFN3O2S. The number of pyridine rings is 1. The highest BCUT2D eigenvalue weighted by atomic mass is 35.5. The summed E-state index contributed by atoms with van der Waals surface area (Å²) in [6.07, 6.45) is 3.85. The molecule has 0 aliphatic rings. The number of aryl methyl sites for hydroxylation is 1. The van der Waals surface area contributed by atoms with E-state index in [0.29, 0.717) is 5.69 Å². The van der Waals surface area contributed by atoms with Gasteiger partial charge in [0.25, 0.3) is 10.0 Å². The Morgan fingerprint density at radius 2 is 1.82 bits per heavy atom. The van der Waals surface area contributed by atoms with Crippen molar-refractivity contribution in [2.75, 3.05) is 4.72 Å². The highest BCUT2D eigenvalue weighted by Gasteiger charge is 2.16. The third-order valence-electron chi connectivity index (χ3n) is 4.25. The number of hydrogen-bond acceptors (Lipinski definition) is 3. The van der Waals surface area contributed by atoms with Crippen LogP contribution in [0.1, 0.15) is 5.56 Å². The standard InChI is InChI=1S/C20H15ClFN3O2S/c1-13-8-9-25-12-19(23-20(25)10-13)14-2-4-15(5-3-14)24-28(26,27)16-6-7-18(22)17(21)11-16/h2-12,24H,1H3. The number of sulfonamides is 1. The van der Waals surface area contributed by atoms with E-state index in [1.165, 1.54) is 0 Å². The zero-order chi connectivity index (χ0) is 19.9. The fourth-order valence-electron chi connectivity index (χ4n) is 2.79. The van der Waals surface area contributed by atoms with Crippen molar-refractivity contribution in [1.82, 2.24) is 9.38 Å². The van der Waals surface area contributed by atoms with Gasteiger partial charge in [-0.05, 0) is 55.0 Å². The number of aromatic nitrogens is 2. The van der Waals surface area contributed by atoms with E-state index in [1.807, 2.05) is 35.9 Å². The van der Waals surface area contributed by atoms with Crippen LogP contribution in [0.2, 0.25) is 5.02 Å². The molecule has 4 aromatic rings. The molecule has 0 atom stereocenters. The molecular weight excluding hydrogens is 401 g/mol. The monoisotopic (exact) mass is 415 g/mol. The predicted molar refractivity (Wildman–Crippen MR) is 108 cm³/mol. The number of imidazole rings is 1. The first kappa shape index (κ1) is 18.5. The smallest absolute Gasteiger partial charge is 0.261 e. The quantitative estimate of drug-likeness (QED) is 0.515. The molecule has 0 saturated heterocycles. The maximum Gasteiger partial charge on any atom is 0.261 e. The second-order valence-corrected chi connectivity index (χ2v) is 8.44. The highest BCUT2D eigenvalue weighted by Crippen LogP contribution is 2.25. The lowest BCUT2D eigenvalue weighted by Crippen LogP contribution is -2.13. The number of hydrogen-bond donors (Lipinski definition) is 1. The Morgan fingerprint density at radius 1 is 1.07 bits per heavy atom. The third kappa shape index (κ3) is 3.58. The molecule has 0 saturated carbocycles. The van der Waals surface area contributed by atoms with Crippen LogP contribution in [0.15, 0.2) is 71.9 Å². The van der Waals surface area contributed by atoms with Crippen LogP contribution >= 0.6 is 11.6 Å². The fourth-order valence-corrected chi connectivity index (χ4v) is 4.12. The van der Waals surface area contributed by atoms with Gasteiger partial charge in [-0.3, -0.25) is 4.72 Å². The first-order valence-electron chi connectivity index (χ1n) is 8.35. The van der Waals surface area contributed by atoms with E-state index in [-0.39, 0.29) is 9.92 Å². The van der Waals surface area contributed by atoms with Crippen LogP contribution in [0.25, 0.3) is 16.9 Å². The van der Waals surface area contributed by atoms with Crippen LogP contribution < -0.4 is 4.72 Å². The molecule has 1 N–H and O–H groups in total. The topological polar surface area (TPSA) is 63.5 Å². The van der Waals surface area contributed by atoms with E-state index < -0.39 is 15.8 Å². The van der Waals surface area contributed by atoms with Gasteiger partial charge in [-0.25, -0.2) is 17.8 Å². The van der Waals surface area contributed by atoms with Crippen molar-refractivity contribution in [2.24, 2.45) is 0 Å². The van der Waals surface area contributed by atoms with Crippen LogP contribution in [-0.4, -0.2) is 17.8 Å². The van der Waals surface area contributed by atoms with Crippen LogP contribution in [0, 0.1) is 12.7 Å². The van der Waals surface area contributed by atoms with Crippen LogP contribution in [0.3, 0.4) is 0 Å². The Balaban J connectivity index is 1.59. The van der Waals surface area contributed by atoms with Crippen LogP contribution in [0.4, 0.5) is 10.1 Å². The lowest BCUT2D eigenvalue weighted by atomic mass is 10.1. The molecule has 8 heteroatoms. The van der Waals surface area contributed by atoms with Crippen molar-refractivity contribution in [2.45, 2.75) is 11.8 Å². The number of benzene rings is 2. The molecule has 0 amide bonds. The molecule has 4 rings (SSSR count). The van der Waals surface area contributed by atoms with Crippen molar-refractivity contribution < 1.29 is 12.8 Å². The van der Waals surface area contributed by atoms with E-state index in [9.17, 15) is 12.8 Å². The van der Waals surface area contributed by atoms with Gasteiger partial charge in [0.1, 0.15) is 11.5 Å². The summed E-state index contributed by atoms with van der Waals surface area (Å²) in [7, 11) is -3.88. The van der Waals surface area contributed by atoms with E-state index in [1.54, 1.807) is 24.3 Å². The number of fused-ring (bicyclic) bond motifs is 1. The summed E-state index contributed by atoms with van der Waals surface area (Å²) in [5, 5.41) is -0.250. The maximum absolute atomic E-state index is 13.3. The van der Waals surface area contributed by atoms with Gasteiger partial charge in [0, 0.05) is 23.6 Å². The van der Waals surface area contributed by atoms with Crippen molar-refractivity contribution in [3.8, 4) is 11.3 Å². The van der Waals surface area contributed by atoms with Crippen molar-refractivity contribution in [3.63, 3.8) is 0 Å². The van der Waals surface area contributed by atoms with Gasteiger partial charge in [-0.1, -0.05) is 23.7 Å². The zero-order valence-corrected chi connectivity index (χ0v) is 16.3. The zero-order valence-electron chi connectivity index (χ0n) is 14.7. The van der Waals surface area contributed by atoms with Gasteiger partial charge in [0.15, 0.2) is 0 Å². The Kier molecular flexibility index (Phi) is 4.56. The number of anilines is 1. The molecule has 5 nitrogen and oxygen atoms in total. The van der Waals surface area contributed by atoms with Gasteiger partial charge in [0.05, 0.1) is 15.6 Å². The average Bonchev–Trinajstić information content (AvgIpc) is 3.07. The van der Waals surface area contributed by atoms with E-state index in [2.05, 4.69) is 9.71 Å². The van der Waals surface area contributed by atoms with Crippen LogP contribution in [-0.2, 0) is 10.0 Å². The minimum Gasteiger partial charge on any atom is -0.306 e. The van der Waals surface area contributed by atoms with E-state index in [4.69, 9.17) is 11.6 Å². The van der Waals surface area contributed by atoms with Gasteiger partial charge in [-0.2, -0.15) is 0 Å². The molecule has 0 unspecified atom stereocenters. The molecule has 0 bridgehead atoms. The fraction of sp³-hybridized carbons (Fsp3) is 0.0500. The summed E-state index contributed by atoms with van der Waals surface area (Å²) in [6, 6.07) is 14.1. The number of nitrogens with zero attached hydrogens (tertiary/aromatic N) is 2. The second kappa shape index (κ2) is 6.92. The Bertz CT molecular complexity index is 1280. The molecule has 2 aromatic heterocycles. The Morgan fingerprint density at radius 3 is 2.54 bits per heavy atom. The Labute approximate surface area is 166 Å². The van der Waals surface area contributed by atoms with Crippen LogP contribution in [0.5, 0.6) is 0 Å². The van der Waals surface area contributed by atoms with Gasteiger partial charge < -0.3 is 4.40 Å². The third-order valence-corrected chi connectivity index (χ3v) is 5.92. The van der Waals surface area contributed by atoms with Crippen molar-refractivity contribution >= 4 is 33.0 Å². The molecule has 0 spiro atoms. The minimum atomic E-state index is -3.88. The molecule has 0 aliphatic heterocycles. The SMILES string of the molecule is Cc1ccn2cc(-c3ccc(NS(=O)(=O)c4ccc(F)c(Cl)c4)cc3)nc2c1. The summed E-state index contributed by atoms with van der Waals surface area (Å²) >= 11 is 5.68. The van der Waals surface area contributed by atoms with E-state index >= 15 is 0 Å². The molecule has 2 aromatic carbocycles. The average molecular weight is 416 g/mol. The van der Waals surface area contributed by atoms with Crippen molar-refractivity contribution in [1.29, 1.82) is 0 Å². The summed E-state index contributed by atoms with van der Waals surface area (Å²) in [6.45, 7) is 2.00. The first-order chi connectivity index (χ1) is 13.3. The largest absolute Gasteiger partial charge is 0.306 e. The number of halogens is 2. The minimum absolute atomic E-state index is 0.112. The Hall–Kier alpha value is -2.90. The lowest BCUT2D eigenvalue weighted by molar-refractivity contribution is 0.599. The molecule has 142 valence electrons. The predicted octanol–water partition coefficient (Wildman–Crippen LogP) is 4.90. The normalized spacial score (nSPS) is 11.7. The summed E-state index contributed by atoms with van der Waals surface area (Å²) in [5.41, 5.74) is 3.98. The van der Waals surface area contributed by atoms with Crippen molar-refractivity contribution in [3.05, 3.63) is 83.4 Å². The summed E-state index contributed by atoms with van der Waals surface area (Å²) < 4.78 is 42.6. The van der Waals surface area contributed by atoms with Gasteiger partial charge in [-0.15, -0.1) is 0 Å². The van der Waals surface area contributed by atoms with Gasteiger partial charge in [0.2, 0.25) is 0 Å².